The molecule has 0 unspecified atom stereocenters. The second kappa shape index (κ2) is 5.51. The molecule has 4 heteroatoms. The molecule has 0 atom stereocenters. The molecule has 0 fully saturated rings. The van der Waals surface area contributed by atoms with Crippen LogP contribution < -0.4 is 4.18 Å². The number of hydrogen-bond donors (Lipinski definition) is 1. The maximum absolute atomic E-state index is 10.3. The van der Waals surface area contributed by atoms with Crippen LogP contribution in [0.5, 0.6) is 5.75 Å². The van der Waals surface area contributed by atoms with Gasteiger partial charge in [-0.2, -0.15) is 0 Å². The van der Waals surface area contributed by atoms with Crippen LogP contribution in [-0.2, 0) is 11.9 Å². The average molecular weight is 216 g/mol. The molecule has 0 radical (unpaired) electrons. The molecular weight excluding hydrogens is 207 g/mol. The summed E-state index contributed by atoms with van der Waals surface area (Å²) in [6.45, 7) is 0. The summed E-state index contributed by atoms with van der Waals surface area (Å²) in [5, 5.41) is 2.07. The van der Waals surface area contributed by atoms with Gasteiger partial charge < -0.3 is 4.18 Å². The third-order valence-electron chi connectivity index (χ3n) is 1.89. The Morgan fingerprint density at radius 1 is 1.00 bits per heavy atom. The van der Waals surface area contributed by atoms with Crippen molar-refractivity contribution in [3.63, 3.8) is 0 Å². The fourth-order valence-corrected chi connectivity index (χ4v) is 1.55. The molecule has 2 rings (SSSR count). The molecule has 2 aromatic rings. The van der Waals surface area contributed by atoms with E-state index in [0.29, 0.717) is 5.75 Å². The summed E-state index contributed by atoms with van der Waals surface area (Å²) < 4.78 is 15.2. The van der Waals surface area contributed by atoms with E-state index in [2.05, 4.69) is 0 Å². The molecule has 0 aromatic heterocycles. The van der Waals surface area contributed by atoms with Crippen LogP contribution in [-0.4, -0.2) is 33.8 Å². The SMILES string of the molecule is O=[SH]Oc1cccc2ccccc12.[NaH]. The van der Waals surface area contributed by atoms with E-state index in [0.717, 1.165) is 10.8 Å². The van der Waals surface area contributed by atoms with Gasteiger partial charge >= 0.3 is 29.6 Å². The fraction of sp³-hybridized carbons (Fsp3) is 0. The van der Waals surface area contributed by atoms with E-state index < -0.39 is 0 Å². The molecule has 0 heterocycles. The Balaban J connectivity index is 0.000000980. The van der Waals surface area contributed by atoms with Gasteiger partial charge in [0.15, 0.2) is 11.9 Å². The fourth-order valence-electron chi connectivity index (χ4n) is 1.32. The Hall–Kier alpha value is -0.350. The molecule has 0 saturated carbocycles. The molecule has 0 spiro atoms. The van der Waals surface area contributed by atoms with Gasteiger partial charge in [-0.25, -0.2) is 4.21 Å². The summed E-state index contributed by atoms with van der Waals surface area (Å²) >= 11 is -0.316. The van der Waals surface area contributed by atoms with Crippen LogP contribution in [0.1, 0.15) is 0 Å². The van der Waals surface area contributed by atoms with E-state index in [1.807, 2.05) is 36.4 Å². The third-order valence-corrected chi connectivity index (χ3v) is 2.16. The van der Waals surface area contributed by atoms with Crippen molar-refractivity contribution in [3.8, 4) is 5.75 Å². The van der Waals surface area contributed by atoms with Crippen molar-refractivity contribution >= 4 is 52.3 Å². The Morgan fingerprint density at radius 3 is 2.50 bits per heavy atom. The van der Waals surface area contributed by atoms with Crippen LogP contribution in [0.15, 0.2) is 42.5 Å². The number of thiol groups is 1. The average Bonchev–Trinajstić information content (AvgIpc) is 2.19. The summed E-state index contributed by atoms with van der Waals surface area (Å²) in [6.07, 6.45) is 0. The van der Waals surface area contributed by atoms with Gasteiger partial charge in [-0.1, -0.05) is 36.4 Å². The Bertz CT molecular complexity index is 440. The molecule has 0 bridgehead atoms. The number of benzene rings is 2. The van der Waals surface area contributed by atoms with Gasteiger partial charge in [-0.15, -0.1) is 0 Å². The van der Waals surface area contributed by atoms with E-state index in [1.54, 1.807) is 6.07 Å². The number of rotatable bonds is 2. The molecule has 0 N–H and O–H groups in total. The Labute approximate surface area is 108 Å². The van der Waals surface area contributed by atoms with Gasteiger partial charge in [-0.05, 0) is 11.5 Å². The van der Waals surface area contributed by atoms with Crippen LogP contribution in [0.2, 0.25) is 0 Å². The molecule has 0 aliphatic rings. The summed E-state index contributed by atoms with van der Waals surface area (Å²) in [7, 11) is 0. The Morgan fingerprint density at radius 2 is 1.71 bits per heavy atom. The quantitative estimate of drug-likeness (QED) is 0.607. The van der Waals surface area contributed by atoms with Crippen molar-refractivity contribution in [2.24, 2.45) is 0 Å². The monoisotopic (exact) mass is 216 g/mol. The van der Waals surface area contributed by atoms with Crippen molar-refractivity contribution in [1.29, 1.82) is 0 Å². The van der Waals surface area contributed by atoms with Crippen LogP contribution in [0.25, 0.3) is 10.8 Å². The summed E-state index contributed by atoms with van der Waals surface area (Å²) in [5.41, 5.74) is 0. The van der Waals surface area contributed by atoms with E-state index in [-0.39, 0.29) is 41.5 Å². The minimum absolute atomic E-state index is 0. The zero-order chi connectivity index (χ0) is 9.10. The molecular formula is C10H9NaO2S. The Kier molecular flexibility index (Phi) is 4.62. The molecule has 68 valence electrons. The number of hydrogen-bond acceptors (Lipinski definition) is 2. The summed E-state index contributed by atoms with van der Waals surface area (Å²) in [6, 6.07) is 13.5. The number of fused-ring (bicyclic) bond motifs is 1. The van der Waals surface area contributed by atoms with Crippen LogP contribution in [0.4, 0.5) is 0 Å². The van der Waals surface area contributed by atoms with Crippen molar-refractivity contribution in [1.82, 2.24) is 0 Å². The van der Waals surface area contributed by atoms with E-state index in [1.165, 1.54) is 0 Å². The predicted octanol–water partition coefficient (Wildman–Crippen LogP) is 1.43. The normalized spacial score (nSPS) is 9.43. The van der Waals surface area contributed by atoms with Gasteiger partial charge in [0, 0.05) is 5.39 Å². The topological polar surface area (TPSA) is 26.3 Å². The van der Waals surface area contributed by atoms with Gasteiger partial charge in [-0.3, -0.25) is 0 Å². The van der Waals surface area contributed by atoms with E-state index in [9.17, 15) is 4.21 Å². The molecule has 2 aromatic carbocycles. The summed E-state index contributed by atoms with van der Waals surface area (Å²) in [4.78, 5) is 0. The molecule has 0 saturated heterocycles. The zero-order valence-corrected chi connectivity index (χ0v) is 7.70. The van der Waals surface area contributed by atoms with Crippen molar-refractivity contribution in [2.75, 3.05) is 0 Å². The minimum atomic E-state index is -0.316. The molecule has 0 aliphatic carbocycles. The van der Waals surface area contributed by atoms with Crippen molar-refractivity contribution in [3.05, 3.63) is 42.5 Å². The van der Waals surface area contributed by atoms with Crippen LogP contribution in [0.3, 0.4) is 0 Å². The second-order valence-corrected chi connectivity index (χ2v) is 2.97. The van der Waals surface area contributed by atoms with Crippen molar-refractivity contribution in [2.45, 2.75) is 0 Å². The first-order valence-electron chi connectivity index (χ1n) is 3.89. The standard InChI is InChI=1S/C10H8O2S.Na.H/c11-13-12-10-7-3-5-8-4-1-2-6-9(8)10;;/h1-7,13H;;. The molecule has 14 heavy (non-hydrogen) atoms. The molecule has 0 amide bonds. The van der Waals surface area contributed by atoms with Crippen molar-refractivity contribution < 1.29 is 8.39 Å². The van der Waals surface area contributed by atoms with Crippen LogP contribution in [0, 0.1) is 0 Å². The van der Waals surface area contributed by atoms with E-state index >= 15 is 0 Å². The van der Waals surface area contributed by atoms with Gasteiger partial charge in [0.05, 0.1) is 0 Å². The molecule has 0 aliphatic heterocycles. The zero-order valence-electron chi connectivity index (χ0n) is 6.81. The van der Waals surface area contributed by atoms with E-state index in [4.69, 9.17) is 4.18 Å². The van der Waals surface area contributed by atoms with Gasteiger partial charge in [0.2, 0.25) is 0 Å². The molecule has 2 nitrogen and oxygen atoms in total. The first kappa shape index (κ1) is 11.7. The second-order valence-electron chi connectivity index (χ2n) is 2.64. The van der Waals surface area contributed by atoms with Crippen LogP contribution >= 0.6 is 0 Å². The van der Waals surface area contributed by atoms with Gasteiger partial charge in [0.25, 0.3) is 0 Å². The third kappa shape index (κ3) is 2.36. The first-order chi connectivity index (χ1) is 6.42. The van der Waals surface area contributed by atoms with Gasteiger partial charge in [0.1, 0.15) is 5.75 Å². The summed E-state index contributed by atoms with van der Waals surface area (Å²) in [5.74, 6) is 0.648. The predicted molar refractivity (Wildman–Crippen MR) is 61.3 cm³/mol. The first-order valence-corrected chi connectivity index (χ1v) is 4.62. The maximum atomic E-state index is 10.3.